The molecule has 2 aromatic carbocycles. The van der Waals surface area contributed by atoms with E-state index in [1.807, 2.05) is 6.92 Å². The molecular weight excluding hydrogens is 330 g/mol. The van der Waals surface area contributed by atoms with Crippen LogP contribution >= 0.6 is 11.6 Å². The zero-order chi connectivity index (χ0) is 17.3. The highest BCUT2D eigenvalue weighted by Gasteiger charge is 2.46. The minimum atomic E-state index is -1.92. The maximum atomic E-state index is 12.5. The largest absolute Gasteiger partial charge is 0.494 e. The number of aliphatic hydroxyl groups is 1. The molecule has 2 aromatic rings. The van der Waals surface area contributed by atoms with Gasteiger partial charge in [-0.2, -0.15) is 0 Å². The fraction of sp³-hybridized carbons (Fsp3) is 0.222. The molecule has 3 rings (SSSR count). The summed E-state index contributed by atoms with van der Waals surface area (Å²) in [5.74, 6) is -0.314. The van der Waals surface area contributed by atoms with Crippen LogP contribution in [0.2, 0.25) is 5.02 Å². The molecule has 0 aliphatic carbocycles. The van der Waals surface area contributed by atoms with Gasteiger partial charge in [0.05, 0.1) is 13.0 Å². The van der Waals surface area contributed by atoms with Crippen molar-refractivity contribution in [3.63, 3.8) is 0 Å². The Morgan fingerprint density at radius 1 is 1.25 bits per heavy atom. The van der Waals surface area contributed by atoms with Crippen LogP contribution in [0.5, 0.6) is 5.75 Å². The fourth-order valence-corrected chi connectivity index (χ4v) is 2.90. The third kappa shape index (κ3) is 2.88. The van der Waals surface area contributed by atoms with Crippen LogP contribution in [0.4, 0.5) is 5.69 Å². The predicted octanol–water partition coefficient (Wildman–Crippen LogP) is 3.15. The topological polar surface area (TPSA) is 75.6 Å². The van der Waals surface area contributed by atoms with Gasteiger partial charge in [-0.05, 0) is 49.4 Å². The number of carbonyl (C=O) groups excluding carboxylic acids is 2. The SMILES string of the molecule is CCOc1ccc(C(=O)C[C@@]2(O)C(=O)Nc3ccc(Cl)cc32)cc1. The number of carbonyl (C=O) groups is 2. The maximum Gasteiger partial charge on any atom is 0.261 e. The van der Waals surface area contributed by atoms with Gasteiger partial charge in [0, 0.05) is 21.8 Å². The van der Waals surface area contributed by atoms with E-state index >= 15 is 0 Å². The van der Waals surface area contributed by atoms with Crippen LogP contribution in [0.15, 0.2) is 42.5 Å². The summed E-state index contributed by atoms with van der Waals surface area (Å²) in [5.41, 5.74) is -0.739. The first kappa shape index (κ1) is 16.5. The van der Waals surface area contributed by atoms with Gasteiger partial charge in [-0.1, -0.05) is 11.6 Å². The van der Waals surface area contributed by atoms with Gasteiger partial charge >= 0.3 is 0 Å². The van der Waals surface area contributed by atoms with E-state index in [0.29, 0.717) is 34.2 Å². The fourth-order valence-electron chi connectivity index (χ4n) is 2.73. The van der Waals surface area contributed by atoms with Gasteiger partial charge in [-0.15, -0.1) is 0 Å². The molecule has 6 heteroatoms. The Labute approximate surface area is 144 Å². The lowest BCUT2D eigenvalue weighted by Crippen LogP contribution is -2.36. The Morgan fingerprint density at radius 3 is 2.62 bits per heavy atom. The van der Waals surface area contributed by atoms with Crippen LogP contribution in [0, 0.1) is 0 Å². The molecule has 1 amide bonds. The van der Waals surface area contributed by atoms with Gasteiger partial charge < -0.3 is 15.2 Å². The van der Waals surface area contributed by atoms with Crippen LogP contribution in [0.1, 0.15) is 29.3 Å². The average Bonchev–Trinajstić information content (AvgIpc) is 2.79. The highest BCUT2D eigenvalue weighted by atomic mass is 35.5. The second-order valence-electron chi connectivity index (χ2n) is 5.56. The van der Waals surface area contributed by atoms with Crippen molar-refractivity contribution in [2.45, 2.75) is 18.9 Å². The first-order valence-corrected chi connectivity index (χ1v) is 7.92. The van der Waals surface area contributed by atoms with Gasteiger partial charge in [0.15, 0.2) is 11.4 Å². The van der Waals surface area contributed by atoms with Crippen molar-refractivity contribution in [3.05, 3.63) is 58.6 Å². The Hall–Kier alpha value is -2.37. The first-order valence-electron chi connectivity index (χ1n) is 7.54. The second kappa shape index (κ2) is 6.26. The number of nitrogens with one attached hydrogen (secondary N) is 1. The lowest BCUT2D eigenvalue weighted by atomic mass is 9.88. The van der Waals surface area contributed by atoms with Crippen LogP contribution in [-0.4, -0.2) is 23.4 Å². The molecule has 0 fully saturated rings. The third-order valence-electron chi connectivity index (χ3n) is 3.95. The van der Waals surface area contributed by atoms with Crippen molar-refractivity contribution >= 4 is 29.0 Å². The van der Waals surface area contributed by atoms with E-state index in [0.717, 1.165) is 0 Å². The van der Waals surface area contributed by atoms with Gasteiger partial charge in [-0.25, -0.2) is 0 Å². The highest BCUT2D eigenvalue weighted by molar-refractivity contribution is 6.31. The summed E-state index contributed by atoms with van der Waals surface area (Å²) in [5, 5.41) is 13.8. The number of anilines is 1. The third-order valence-corrected chi connectivity index (χ3v) is 4.19. The number of ketones is 1. The molecule has 1 heterocycles. The second-order valence-corrected chi connectivity index (χ2v) is 6.00. The molecule has 124 valence electrons. The summed E-state index contributed by atoms with van der Waals surface area (Å²) in [4.78, 5) is 24.7. The minimum Gasteiger partial charge on any atom is -0.494 e. The van der Waals surface area contributed by atoms with E-state index in [-0.39, 0.29) is 12.2 Å². The molecule has 0 saturated heterocycles. The number of halogens is 1. The normalized spacial score (nSPS) is 18.9. The molecule has 0 bridgehead atoms. The lowest BCUT2D eigenvalue weighted by Gasteiger charge is -2.20. The zero-order valence-corrected chi connectivity index (χ0v) is 13.8. The van der Waals surface area contributed by atoms with E-state index in [1.165, 1.54) is 6.07 Å². The monoisotopic (exact) mass is 345 g/mol. The molecular formula is C18H16ClNO4. The number of ether oxygens (including phenoxy) is 1. The maximum absolute atomic E-state index is 12.5. The van der Waals surface area contributed by atoms with Crippen LogP contribution in [-0.2, 0) is 10.4 Å². The summed E-state index contributed by atoms with van der Waals surface area (Å²) in [6, 6.07) is 11.3. The van der Waals surface area contributed by atoms with Gasteiger partial charge in [0.25, 0.3) is 5.91 Å². The molecule has 2 N–H and O–H groups in total. The van der Waals surface area contributed by atoms with Crippen molar-refractivity contribution in [1.82, 2.24) is 0 Å². The van der Waals surface area contributed by atoms with E-state index in [9.17, 15) is 14.7 Å². The molecule has 0 saturated carbocycles. The van der Waals surface area contributed by atoms with Crippen molar-refractivity contribution in [2.24, 2.45) is 0 Å². The number of amides is 1. The Bertz CT molecular complexity index is 803. The standard InChI is InChI=1S/C18H16ClNO4/c1-2-24-13-6-3-11(4-7-13)16(21)10-18(23)14-9-12(19)5-8-15(14)20-17(18)22/h3-9,23H,2,10H2,1H3,(H,20,22)/t18-/m0/s1. The average molecular weight is 346 g/mol. The quantitative estimate of drug-likeness (QED) is 0.816. The van der Waals surface area contributed by atoms with E-state index in [4.69, 9.17) is 16.3 Å². The van der Waals surface area contributed by atoms with Crippen molar-refractivity contribution < 1.29 is 19.4 Å². The molecule has 1 atom stereocenters. The minimum absolute atomic E-state index is 0.319. The summed E-state index contributed by atoms with van der Waals surface area (Å²) in [6.07, 6.45) is -0.361. The number of hydrogen-bond donors (Lipinski definition) is 2. The van der Waals surface area contributed by atoms with Crippen LogP contribution < -0.4 is 10.1 Å². The number of Topliss-reactive ketones (excluding diaryl/α,β-unsaturated/α-hetero) is 1. The van der Waals surface area contributed by atoms with E-state index < -0.39 is 11.5 Å². The van der Waals surface area contributed by atoms with Crippen molar-refractivity contribution in [2.75, 3.05) is 11.9 Å². The van der Waals surface area contributed by atoms with E-state index in [1.54, 1.807) is 36.4 Å². The number of hydrogen-bond acceptors (Lipinski definition) is 4. The molecule has 0 unspecified atom stereocenters. The lowest BCUT2D eigenvalue weighted by molar-refractivity contribution is -0.133. The highest BCUT2D eigenvalue weighted by Crippen LogP contribution is 2.40. The first-order chi connectivity index (χ1) is 11.4. The molecule has 24 heavy (non-hydrogen) atoms. The molecule has 0 spiro atoms. The summed E-state index contributed by atoms with van der Waals surface area (Å²) in [6.45, 7) is 2.40. The molecule has 0 radical (unpaired) electrons. The Kier molecular flexibility index (Phi) is 4.30. The zero-order valence-electron chi connectivity index (χ0n) is 13.0. The van der Waals surface area contributed by atoms with Gasteiger partial charge in [0.1, 0.15) is 5.75 Å². The van der Waals surface area contributed by atoms with Crippen molar-refractivity contribution in [1.29, 1.82) is 0 Å². The number of benzene rings is 2. The summed E-state index contributed by atoms with van der Waals surface area (Å²) >= 11 is 5.95. The number of rotatable bonds is 5. The molecule has 1 aliphatic rings. The number of fused-ring (bicyclic) bond motifs is 1. The Morgan fingerprint density at radius 2 is 1.96 bits per heavy atom. The van der Waals surface area contributed by atoms with E-state index in [2.05, 4.69) is 5.32 Å². The van der Waals surface area contributed by atoms with Gasteiger partial charge in [0.2, 0.25) is 0 Å². The van der Waals surface area contributed by atoms with Gasteiger partial charge in [-0.3, -0.25) is 9.59 Å². The van der Waals surface area contributed by atoms with Crippen LogP contribution in [0.3, 0.4) is 0 Å². The summed E-state index contributed by atoms with van der Waals surface area (Å²) in [7, 11) is 0. The summed E-state index contributed by atoms with van der Waals surface area (Å²) < 4.78 is 5.33. The predicted molar refractivity (Wildman–Crippen MR) is 90.5 cm³/mol. The van der Waals surface area contributed by atoms with Crippen molar-refractivity contribution in [3.8, 4) is 5.75 Å². The van der Waals surface area contributed by atoms with Crippen LogP contribution in [0.25, 0.3) is 0 Å². The Balaban J connectivity index is 1.86. The molecule has 0 aromatic heterocycles. The molecule has 1 aliphatic heterocycles. The molecule has 5 nitrogen and oxygen atoms in total. The smallest absolute Gasteiger partial charge is 0.261 e.